The number of likely N-dealkylation sites (tertiary alicyclic amines) is 1. The Morgan fingerprint density at radius 3 is 2.77 bits per heavy atom. The molecule has 3 atom stereocenters. The number of nitrogens with zero attached hydrogens (tertiary/aromatic N) is 2. The highest BCUT2D eigenvalue weighted by Gasteiger charge is 2.37. The van der Waals surface area contributed by atoms with Crippen molar-refractivity contribution in [2.75, 3.05) is 39.9 Å². The number of aromatic amines is 1. The Hall–Kier alpha value is -1.48. The van der Waals surface area contributed by atoms with Crippen LogP contribution in [0, 0.1) is 6.92 Å². The molecule has 8 nitrogen and oxygen atoms in total. The van der Waals surface area contributed by atoms with Crippen LogP contribution in [0.3, 0.4) is 0 Å². The van der Waals surface area contributed by atoms with Crippen molar-refractivity contribution in [1.29, 1.82) is 0 Å². The van der Waals surface area contributed by atoms with Crippen LogP contribution < -0.4 is 11.2 Å². The molecule has 0 radical (unpaired) electrons. The highest BCUT2D eigenvalue weighted by atomic mass is 16.6. The smallest absolute Gasteiger partial charge is 0.330 e. The number of aryl methyl sites for hydroxylation is 1. The Morgan fingerprint density at radius 2 is 2.08 bits per heavy atom. The minimum atomic E-state index is -0.542. The van der Waals surface area contributed by atoms with Crippen LogP contribution in [0.4, 0.5) is 0 Å². The second-order valence-corrected chi connectivity index (χ2v) is 7.79. The molecule has 0 aliphatic carbocycles. The number of H-pyrrole nitrogens is 1. The van der Waals surface area contributed by atoms with E-state index in [4.69, 9.17) is 9.47 Å². The van der Waals surface area contributed by atoms with E-state index in [0.717, 1.165) is 11.0 Å². The number of nitrogens with one attached hydrogen (secondary N) is 1. The molecule has 2 fully saturated rings. The number of hydrogen-bond acceptors (Lipinski definition) is 5. The summed E-state index contributed by atoms with van der Waals surface area (Å²) in [7, 11) is 2.27. The molecule has 26 heavy (non-hydrogen) atoms. The van der Waals surface area contributed by atoms with E-state index >= 15 is 0 Å². The molecule has 3 heterocycles. The maximum absolute atomic E-state index is 12.1. The first kappa shape index (κ1) is 19.3. The van der Waals surface area contributed by atoms with Gasteiger partial charge in [0.2, 0.25) is 0 Å². The molecule has 0 amide bonds. The van der Waals surface area contributed by atoms with Gasteiger partial charge in [0.05, 0.1) is 39.5 Å². The summed E-state index contributed by atoms with van der Waals surface area (Å²) in [5.74, 6) is 0. The van der Waals surface area contributed by atoms with Crippen LogP contribution in [0.2, 0.25) is 0 Å². The lowest BCUT2D eigenvalue weighted by Gasteiger charge is -2.38. The molecule has 2 aliphatic rings. The molecule has 0 spiro atoms. The Kier molecular flexibility index (Phi) is 5.96. The molecule has 2 saturated heterocycles. The van der Waals surface area contributed by atoms with Gasteiger partial charge in [-0.3, -0.25) is 14.3 Å². The maximum atomic E-state index is 12.1. The zero-order valence-corrected chi connectivity index (χ0v) is 15.6. The molecule has 146 valence electrons. The molecule has 0 aromatic carbocycles. The third-order valence-electron chi connectivity index (χ3n) is 5.68. The fourth-order valence-corrected chi connectivity index (χ4v) is 3.93. The van der Waals surface area contributed by atoms with Crippen LogP contribution in [0.5, 0.6) is 0 Å². The minimum Gasteiger partial charge on any atom is -0.394 e. The summed E-state index contributed by atoms with van der Waals surface area (Å²) in [6.45, 7) is 5.39. The Labute approximate surface area is 152 Å². The first-order valence-electron chi connectivity index (χ1n) is 9.45. The normalized spacial score (nSPS) is 28.3. The predicted octanol–water partition coefficient (Wildman–Crippen LogP) is 0.141. The topological polar surface area (TPSA) is 93.6 Å². The standard InChI is InChI=1S/C18H29N3O5/c1-13-11-20(18(24)19-17(13)23)16-10-14(15(12-22)26-16)25-9-8-21(2)6-4-3-5-7-21/h11,14-16,22H,3-10,12H2,1-2H3/p+1/t14-,15+,16+/m0/s1. The van der Waals surface area contributed by atoms with Gasteiger partial charge in [-0.05, 0) is 26.2 Å². The summed E-state index contributed by atoms with van der Waals surface area (Å²) in [4.78, 5) is 25.9. The number of hydrogen-bond donors (Lipinski definition) is 2. The third kappa shape index (κ3) is 4.25. The highest BCUT2D eigenvalue weighted by Crippen LogP contribution is 2.30. The number of likely N-dealkylation sites (N-methyl/N-ethyl adjacent to an activating group) is 1. The van der Waals surface area contributed by atoms with Gasteiger partial charge in [-0.1, -0.05) is 0 Å². The maximum Gasteiger partial charge on any atom is 0.330 e. The van der Waals surface area contributed by atoms with Gasteiger partial charge in [0, 0.05) is 18.2 Å². The van der Waals surface area contributed by atoms with Crippen molar-refractivity contribution in [3.05, 3.63) is 32.6 Å². The number of aliphatic hydroxyl groups excluding tert-OH is 1. The Bertz CT molecular complexity index is 722. The summed E-state index contributed by atoms with van der Waals surface area (Å²) < 4.78 is 14.2. The molecule has 1 aromatic rings. The Balaban J connectivity index is 1.61. The van der Waals surface area contributed by atoms with Crippen molar-refractivity contribution < 1.29 is 19.1 Å². The van der Waals surface area contributed by atoms with E-state index in [9.17, 15) is 14.7 Å². The summed E-state index contributed by atoms with van der Waals surface area (Å²) in [6.07, 6.45) is 4.54. The average Bonchev–Trinajstić information content (AvgIpc) is 3.01. The number of rotatable bonds is 6. The Morgan fingerprint density at radius 1 is 1.35 bits per heavy atom. The van der Waals surface area contributed by atoms with Gasteiger partial charge in [0.25, 0.3) is 5.56 Å². The van der Waals surface area contributed by atoms with Crippen LogP contribution >= 0.6 is 0 Å². The number of quaternary nitrogens is 1. The zero-order chi connectivity index (χ0) is 18.7. The van der Waals surface area contributed by atoms with Crippen LogP contribution in [-0.2, 0) is 9.47 Å². The van der Waals surface area contributed by atoms with Gasteiger partial charge < -0.3 is 19.1 Å². The van der Waals surface area contributed by atoms with Gasteiger partial charge in [0.15, 0.2) is 0 Å². The number of aliphatic hydroxyl groups is 1. The molecule has 0 saturated carbocycles. The molecule has 0 unspecified atom stereocenters. The van der Waals surface area contributed by atoms with Crippen LogP contribution in [0.1, 0.15) is 37.5 Å². The lowest BCUT2D eigenvalue weighted by Crippen LogP contribution is -2.50. The van der Waals surface area contributed by atoms with Crippen molar-refractivity contribution in [2.45, 2.75) is 51.0 Å². The monoisotopic (exact) mass is 368 g/mol. The van der Waals surface area contributed by atoms with E-state index in [1.807, 2.05) is 0 Å². The van der Waals surface area contributed by atoms with Gasteiger partial charge in [0.1, 0.15) is 18.9 Å². The molecule has 2 N–H and O–H groups in total. The van der Waals surface area contributed by atoms with E-state index in [1.54, 1.807) is 6.92 Å². The lowest BCUT2D eigenvalue weighted by molar-refractivity contribution is -0.914. The fraction of sp³-hybridized carbons (Fsp3) is 0.778. The molecule has 3 rings (SSSR count). The number of aromatic nitrogens is 2. The number of ether oxygens (including phenoxy) is 2. The van der Waals surface area contributed by atoms with Crippen molar-refractivity contribution in [3.8, 4) is 0 Å². The van der Waals surface area contributed by atoms with Crippen LogP contribution in [-0.4, -0.2) is 71.2 Å². The predicted molar refractivity (Wildman–Crippen MR) is 96.0 cm³/mol. The molecule has 0 bridgehead atoms. The van der Waals surface area contributed by atoms with Gasteiger partial charge in [-0.15, -0.1) is 0 Å². The SMILES string of the molecule is Cc1cn([C@H]2C[C@H](OCC[N+]3(C)CCCCC3)[C@@H](CO)O2)c(=O)[nH]c1=O. The summed E-state index contributed by atoms with van der Waals surface area (Å²) >= 11 is 0. The van der Waals surface area contributed by atoms with Crippen molar-refractivity contribution in [3.63, 3.8) is 0 Å². The summed E-state index contributed by atoms with van der Waals surface area (Å²) in [6, 6.07) is 0. The largest absolute Gasteiger partial charge is 0.394 e. The first-order valence-corrected chi connectivity index (χ1v) is 9.45. The highest BCUT2D eigenvalue weighted by molar-refractivity contribution is 5.02. The first-order chi connectivity index (χ1) is 12.4. The molecule has 2 aliphatic heterocycles. The molecular weight excluding hydrogens is 338 g/mol. The van der Waals surface area contributed by atoms with E-state index in [-0.39, 0.29) is 12.7 Å². The fourth-order valence-electron chi connectivity index (χ4n) is 3.93. The van der Waals surface area contributed by atoms with E-state index < -0.39 is 23.6 Å². The summed E-state index contributed by atoms with van der Waals surface area (Å²) in [5, 5.41) is 9.61. The van der Waals surface area contributed by atoms with Gasteiger partial charge in [-0.25, -0.2) is 4.79 Å². The van der Waals surface area contributed by atoms with Crippen molar-refractivity contribution in [2.24, 2.45) is 0 Å². The molecule has 8 heteroatoms. The molecular formula is C18H30N3O5+. The van der Waals surface area contributed by atoms with Gasteiger partial charge in [-0.2, -0.15) is 0 Å². The lowest BCUT2D eigenvalue weighted by atomic mass is 10.1. The van der Waals surface area contributed by atoms with E-state index in [2.05, 4.69) is 12.0 Å². The van der Waals surface area contributed by atoms with E-state index in [1.165, 1.54) is 43.1 Å². The van der Waals surface area contributed by atoms with Crippen molar-refractivity contribution >= 4 is 0 Å². The average molecular weight is 368 g/mol. The number of piperidine rings is 1. The second kappa shape index (κ2) is 8.04. The van der Waals surface area contributed by atoms with Gasteiger partial charge >= 0.3 is 5.69 Å². The van der Waals surface area contributed by atoms with E-state index in [0.29, 0.717) is 18.6 Å². The second-order valence-electron chi connectivity index (χ2n) is 7.79. The summed E-state index contributed by atoms with van der Waals surface area (Å²) in [5.41, 5.74) is -0.454. The molecule has 1 aromatic heterocycles. The van der Waals surface area contributed by atoms with Crippen molar-refractivity contribution in [1.82, 2.24) is 9.55 Å². The zero-order valence-electron chi connectivity index (χ0n) is 15.6. The third-order valence-corrected chi connectivity index (χ3v) is 5.68. The van der Waals surface area contributed by atoms with Crippen LogP contribution in [0.15, 0.2) is 15.8 Å². The minimum absolute atomic E-state index is 0.162. The van der Waals surface area contributed by atoms with Crippen LogP contribution in [0.25, 0.3) is 0 Å². The quantitative estimate of drug-likeness (QED) is 0.697.